The summed E-state index contributed by atoms with van der Waals surface area (Å²) in [6.07, 6.45) is 8.02. The lowest BCUT2D eigenvalue weighted by Crippen LogP contribution is -2.13. The van der Waals surface area contributed by atoms with Crippen LogP contribution in [0.4, 0.5) is 11.6 Å². The number of aromatic nitrogens is 6. The summed E-state index contributed by atoms with van der Waals surface area (Å²) in [6, 6.07) is 5.96. The van der Waals surface area contributed by atoms with E-state index in [-0.39, 0.29) is 6.10 Å². The molecule has 0 aliphatic heterocycles. The Hall–Kier alpha value is -3.63. The molecular weight excluding hydrogens is 482 g/mol. The van der Waals surface area contributed by atoms with Crippen LogP contribution in [0, 0.1) is 6.92 Å². The van der Waals surface area contributed by atoms with Crippen molar-refractivity contribution in [2.75, 3.05) is 19.0 Å². The fourth-order valence-electron chi connectivity index (χ4n) is 4.65. The molecule has 0 radical (unpaired) electrons. The first kappa shape index (κ1) is 22.8. The molecule has 1 aromatic carbocycles. The van der Waals surface area contributed by atoms with E-state index < -0.39 is 0 Å². The molecule has 0 spiro atoms. The Kier molecular flexibility index (Phi) is 5.98. The molecule has 0 unspecified atom stereocenters. The van der Waals surface area contributed by atoms with E-state index in [2.05, 4.69) is 20.4 Å². The maximum Gasteiger partial charge on any atom is 0.232 e. The molecule has 11 heteroatoms. The maximum absolute atomic E-state index is 6.51. The van der Waals surface area contributed by atoms with E-state index in [1.54, 1.807) is 18.0 Å². The fraction of sp³-hybridized carbons (Fsp3) is 0.360. The molecule has 10 nitrogen and oxygen atoms in total. The number of halogens is 1. The molecule has 0 saturated heterocycles. The SMILES string of the molecule is COCCn1ncc(Nc2nc(OC3CCCC3)c3c(-c4ccc5nc(C)oc5c4)c[nH]c3n2)c1Cl. The molecule has 6 rings (SSSR count). The number of hydrogen-bond acceptors (Lipinski definition) is 8. The van der Waals surface area contributed by atoms with Gasteiger partial charge in [0, 0.05) is 25.8 Å². The molecule has 4 aromatic heterocycles. The minimum atomic E-state index is 0.124. The lowest BCUT2D eigenvalue weighted by Gasteiger charge is -2.15. The van der Waals surface area contributed by atoms with Crippen LogP contribution < -0.4 is 10.1 Å². The van der Waals surface area contributed by atoms with Crippen LogP contribution in [0.3, 0.4) is 0 Å². The molecule has 1 saturated carbocycles. The predicted octanol–water partition coefficient (Wildman–Crippen LogP) is 5.64. The monoisotopic (exact) mass is 507 g/mol. The number of fused-ring (bicyclic) bond motifs is 2. The van der Waals surface area contributed by atoms with Crippen LogP contribution in [-0.4, -0.2) is 49.5 Å². The van der Waals surface area contributed by atoms with Crippen molar-refractivity contribution in [1.82, 2.24) is 29.7 Å². The Morgan fingerprint density at radius 3 is 2.92 bits per heavy atom. The Morgan fingerprint density at radius 1 is 1.22 bits per heavy atom. The number of hydrogen-bond donors (Lipinski definition) is 2. The van der Waals surface area contributed by atoms with Gasteiger partial charge in [-0.25, -0.2) is 9.67 Å². The van der Waals surface area contributed by atoms with Crippen molar-refractivity contribution in [3.8, 4) is 17.0 Å². The van der Waals surface area contributed by atoms with Crippen molar-refractivity contribution >= 4 is 45.4 Å². The lowest BCUT2D eigenvalue weighted by atomic mass is 10.1. The Labute approximate surface area is 212 Å². The highest BCUT2D eigenvalue weighted by molar-refractivity contribution is 6.32. The van der Waals surface area contributed by atoms with Gasteiger partial charge in [-0.05, 0) is 43.4 Å². The van der Waals surface area contributed by atoms with Crippen LogP contribution in [0.25, 0.3) is 33.3 Å². The number of ether oxygens (including phenoxy) is 2. The van der Waals surface area contributed by atoms with Gasteiger partial charge in [0.2, 0.25) is 11.8 Å². The van der Waals surface area contributed by atoms with Gasteiger partial charge in [-0.1, -0.05) is 17.7 Å². The summed E-state index contributed by atoms with van der Waals surface area (Å²) in [7, 11) is 1.64. The van der Waals surface area contributed by atoms with Gasteiger partial charge in [-0.2, -0.15) is 15.1 Å². The number of nitrogens with one attached hydrogen (secondary N) is 2. The van der Waals surface area contributed by atoms with Crippen LogP contribution in [0.15, 0.2) is 35.0 Å². The summed E-state index contributed by atoms with van der Waals surface area (Å²) in [4.78, 5) is 17.2. The van der Waals surface area contributed by atoms with Gasteiger partial charge >= 0.3 is 0 Å². The zero-order valence-corrected chi connectivity index (χ0v) is 20.8. The van der Waals surface area contributed by atoms with Crippen molar-refractivity contribution in [3.05, 3.63) is 41.6 Å². The molecule has 1 aliphatic rings. The van der Waals surface area contributed by atoms with E-state index >= 15 is 0 Å². The first-order chi connectivity index (χ1) is 17.6. The third kappa shape index (κ3) is 4.27. The van der Waals surface area contributed by atoms with Gasteiger partial charge < -0.3 is 24.2 Å². The number of aromatic amines is 1. The van der Waals surface area contributed by atoms with Gasteiger partial charge in [-0.3, -0.25) is 0 Å². The summed E-state index contributed by atoms with van der Waals surface area (Å²) >= 11 is 6.51. The van der Waals surface area contributed by atoms with E-state index in [4.69, 9.17) is 35.5 Å². The molecule has 1 fully saturated rings. The van der Waals surface area contributed by atoms with Gasteiger partial charge in [0.25, 0.3) is 0 Å². The third-order valence-corrected chi connectivity index (χ3v) is 6.81. The van der Waals surface area contributed by atoms with Gasteiger partial charge in [0.05, 0.1) is 30.4 Å². The van der Waals surface area contributed by atoms with E-state index in [9.17, 15) is 0 Å². The molecule has 2 N–H and O–H groups in total. The van der Waals surface area contributed by atoms with E-state index in [0.717, 1.165) is 53.3 Å². The minimum absolute atomic E-state index is 0.124. The zero-order chi connectivity index (χ0) is 24.6. The number of nitrogens with zero attached hydrogens (tertiary/aromatic N) is 5. The van der Waals surface area contributed by atoms with Crippen LogP contribution in [-0.2, 0) is 11.3 Å². The van der Waals surface area contributed by atoms with Crippen molar-refractivity contribution < 1.29 is 13.9 Å². The van der Waals surface area contributed by atoms with Crippen molar-refractivity contribution in [3.63, 3.8) is 0 Å². The van der Waals surface area contributed by atoms with Crippen molar-refractivity contribution in [2.24, 2.45) is 0 Å². The third-order valence-electron chi connectivity index (χ3n) is 6.41. The Balaban J connectivity index is 1.40. The highest BCUT2D eigenvalue weighted by Gasteiger charge is 2.23. The minimum Gasteiger partial charge on any atom is -0.474 e. The molecular formula is C25H26ClN7O3. The van der Waals surface area contributed by atoms with Gasteiger partial charge in [0.15, 0.2) is 16.6 Å². The zero-order valence-electron chi connectivity index (χ0n) is 20.0. The van der Waals surface area contributed by atoms with Crippen molar-refractivity contribution in [1.29, 1.82) is 0 Å². The molecule has 0 atom stereocenters. The number of oxazole rings is 1. The normalized spacial score (nSPS) is 14.3. The smallest absolute Gasteiger partial charge is 0.232 e. The highest BCUT2D eigenvalue weighted by atomic mass is 35.5. The lowest BCUT2D eigenvalue weighted by molar-refractivity contribution is 0.183. The number of methoxy groups -OCH3 is 1. The highest BCUT2D eigenvalue weighted by Crippen LogP contribution is 2.38. The first-order valence-corrected chi connectivity index (χ1v) is 12.4. The molecule has 5 aromatic rings. The van der Waals surface area contributed by atoms with Crippen LogP contribution >= 0.6 is 11.6 Å². The topological polar surface area (TPSA) is 116 Å². The summed E-state index contributed by atoms with van der Waals surface area (Å²) < 4.78 is 19.0. The summed E-state index contributed by atoms with van der Waals surface area (Å²) in [6.45, 7) is 2.89. The average molecular weight is 508 g/mol. The Bertz CT molecular complexity index is 1530. The predicted molar refractivity (Wildman–Crippen MR) is 137 cm³/mol. The van der Waals surface area contributed by atoms with E-state index in [1.165, 1.54) is 0 Å². The van der Waals surface area contributed by atoms with E-state index in [0.29, 0.717) is 47.4 Å². The van der Waals surface area contributed by atoms with Crippen LogP contribution in [0.1, 0.15) is 31.6 Å². The molecule has 0 bridgehead atoms. The molecule has 1 aliphatic carbocycles. The standard InChI is InChI=1S/C25H26ClN7O3/c1-14-29-18-8-7-15(11-20(18)35-14)17-12-27-23-21(17)24(36-16-5-3-4-6-16)32-25(31-23)30-19-13-28-33(22(19)26)9-10-34-2/h7-8,11-13,16H,3-6,9-10H2,1-2H3,(H2,27,30,31,32). The molecule has 186 valence electrons. The quantitative estimate of drug-likeness (QED) is 0.277. The van der Waals surface area contributed by atoms with Crippen molar-refractivity contribution in [2.45, 2.75) is 45.3 Å². The first-order valence-electron chi connectivity index (χ1n) is 12.0. The molecule has 0 amide bonds. The van der Waals surface area contributed by atoms with Crippen LogP contribution in [0.2, 0.25) is 5.15 Å². The van der Waals surface area contributed by atoms with Gasteiger partial charge in [-0.15, -0.1) is 0 Å². The number of aryl methyl sites for hydroxylation is 1. The Morgan fingerprint density at radius 2 is 2.08 bits per heavy atom. The number of H-pyrrole nitrogens is 1. The summed E-state index contributed by atoms with van der Waals surface area (Å²) in [5, 5.41) is 8.80. The average Bonchev–Trinajstić information content (AvgIpc) is 3.65. The van der Waals surface area contributed by atoms with E-state index in [1.807, 2.05) is 31.3 Å². The second kappa shape index (κ2) is 9.44. The molecule has 4 heterocycles. The maximum atomic E-state index is 6.51. The summed E-state index contributed by atoms with van der Waals surface area (Å²) in [5.41, 5.74) is 4.73. The molecule has 36 heavy (non-hydrogen) atoms. The second-order valence-electron chi connectivity index (χ2n) is 8.91. The number of anilines is 2. The largest absolute Gasteiger partial charge is 0.474 e. The van der Waals surface area contributed by atoms with Gasteiger partial charge in [0.1, 0.15) is 17.3 Å². The number of rotatable bonds is 8. The van der Waals surface area contributed by atoms with Crippen LogP contribution in [0.5, 0.6) is 5.88 Å². The summed E-state index contributed by atoms with van der Waals surface area (Å²) in [5.74, 6) is 1.54. The number of benzene rings is 1. The second-order valence-corrected chi connectivity index (χ2v) is 9.27. The fourth-order valence-corrected chi connectivity index (χ4v) is 4.87.